The molecule has 0 heterocycles. The summed E-state index contributed by atoms with van der Waals surface area (Å²) in [6.45, 7) is 1.05. The zero-order valence-corrected chi connectivity index (χ0v) is 9.77. The summed E-state index contributed by atoms with van der Waals surface area (Å²) < 4.78 is 48.5. The van der Waals surface area contributed by atoms with Gasteiger partial charge < -0.3 is 15.7 Å². The Kier molecular flexibility index (Phi) is 5.37. The average molecular weight is 274 g/mol. The second-order valence-electron chi connectivity index (χ2n) is 3.86. The zero-order chi connectivity index (χ0) is 14.6. The Bertz CT molecular complexity index is 325. The van der Waals surface area contributed by atoms with Gasteiger partial charge in [-0.3, -0.25) is 0 Å². The van der Waals surface area contributed by atoms with E-state index in [4.69, 9.17) is 5.11 Å². The SMILES string of the molecule is CCC(C)(NC(=O)NCC(F)(F)C(F)F)C(=O)O. The number of nitrogens with one attached hydrogen (secondary N) is 2. The summed E-state index contributed by atoms with van der Waals surface area (Å²) in [5.41, 5.74) is -1.65. The van der Waals surface area contributed by atoms with E-state index in [9.17, 15) is 27.2 Å². The second kappa shape index (κ2) is 5.87. The molecule has 106 valence electrons. The summed E-state index contributed by atoms with van der Waals surface area (Å²) in [6, 6.07) is -1.25. The van der Waals surface area contributed by atoms with Crippen LogP contribution in [0.2, 0.25) is 0 Å². The Morgan fingerprint density at radius 1 is 1.33 bits per heavy atom. The van der Waals surface area contributed by atoms with Crippen molar-refractivity contribution < 1.29 is 32.3 Å². The first-order valence-electron chi connectivity index (χ1n) is 5.00. The maximum absolute atomic E-state index is 12.5. The number of halogens is 4. The van der Waals surface area contributed by atoms with E-state index in [1.165, 1.54) is 19.2 Å². The highest BCUT2D eigenvalue weighted by Gasteiger charge is 2.41. The molecule has 3 N–H and O–H groups in total. The van der Waals surface area contributed by atoms with E-state index in [0.717, 1.165) is 0 Å². The van der Waals surface area contributed by atoms with E-state index < -0.39 is 36.4 Å². The van der Waals surface area contributed by atoms with Gasteiger partial charge in [0.05, 0.1) is 6.54 Å². The summed E-state index contributed by atoms with van der Waals surface area (Å²) in [5, 5.41) is 12.2. The number of hydrogen-bond donors (Lipinski definition) is 3. The number of rotatable bonds is 6. The van der Waals surface area contributed by atoms with Gasteiger partial charge in [-0.2, -0.15) is 8.78 Å². The van der Waals surface area contributed by atoms with Gasteiger partial charge in [-0.05, 0) is 13.3 Å². The highest BCUT2D eigenvalue weighted by atomic mass is 19.3. The van der Waals surface area contributed by atoms with Gasteiger partial charge in [-0.1, -0.05) is 6.92 Å². The van der Waals surface area contributed by atoms with Crippen molar-refractivity contribution >= 4 is 12.0 Å². The van der Waals surface area contributed by atoms with Gasteiger partial charge in [0.2, 0.25) is 0 Å². The van der Waals surface area contributed by atoms with Crippen molar-refractivity contribution in [1.82, 2.24) is 10.6 Å². The molecule has 0 aliphatic rings. The molecule has 0 aromatic heterocycles. The lowest BCUT2D eigenvalue weighted by Gasteiger charge is -2.25. The Labute approximate surface area is 101 Å². The van der Waals surface area contributed by atoms with E-state index in [1.807, 2.05) is 5.32 Å². The molecule has 1 unspecified atom stereocenters. The molecule has 18 heavy (non-hydrogen) atoms. The van der Waals surface area contributed by atoms with Gasteiger partial charge in [-0.15, -0.1) is 0 Å². The summed E-state index contributed by atoms with van der Waals surface area (Å²) in [6.07, 6.45) is -3.91. The molecular weight excluding hydrogens is 260 g/mol. The summed E-state index contributed by atoms with van der Waals surface area (Å²) in [4.78, 5) is 21.9. The van der Waals surface area contributed by atoms with Crippen LogP contribution < -0.4 is 10.6 Å². The van der Waals surface area contributed by atoms with Crippen molar-refractivity contribution in [2.45, 2.75) is 38.2 Å². The third kappa shape index (κ3) is 4.38. The Balaban J connectivity index is 4.41. The minimum Gasteiger partial charge on any atom is -0.480 e. The minimum absolute atomic E-state index is 0.000986. The lowest BCUT2D eigenvalue weighted by molar-refractivity contribution is -0.143. The van der Waals surface area contributed by atoms with Crippen LogP contribution in [0, 0.1) is 0 Å². The van der Waals surface area contributed by atoms with Crippen molar-refractivity contribution in [3.63, 3.8) is 0 Å². The van der Waals surface area contributed by atoms with Crippen molar-refractivity contribution in [2.24, 2.45) is 0 Å². The van der Waals surface area contributed by atoms with Crippen LogP contribution in [0.4, 0.5) is 22.4 Å². The van der Waals surface area contributed by atoms with Crippen LogP contribution in [0.5, 0.6) is 0 Å². The van der Waals surface area contributed by atoms with Crippen LogP contribution in [-0.2, 0) is 4.79 Å². The maximum atomic E-state index is 12.5. The normalized spacial score (nSPS) is 15.1. The lowest BCUT2D eigenvalue weighted by atomic mass is 10.00. The molecule has 2 amide bonds. The molecular formula is C9H14F4N2O3. The predicted molar refractivity (Wildman–Crippen MR) is 53.8 cm³/mol. The smallest absolute Gasteiger partial charge is 0.329 e. The molecule has 9 heteroatoms. The number of aliphatic carboxylic acids is 1. The standard InChI is InChI=1S/C9H14F4N2O3/c1-3-8(2,6(16)17)15-7(18)14-4-9(12,13)5(10)11/h5H,3-4H2,1-2H3,(H,16,17)(H2,14,15,18). The third-order valence-corrected chi connectivity index (χ3v) is 2.37. The molecule has 1 atom stereocenters. The largest absolute Gasteiger partial charge is 0.480 e. The van der Waals surface area contributed by atoms with Crippen LogP contribution in [0.3, 0.4) is 0 Å². The fourth-order valence-corrected chi connectivity index (χ4v) is 0.863. The van der Waals surface area contributed by atoms with Crippen molar-refractivity contribution in [3.05, 3.63) is 0 Å². The molecule has 0 rings (SSSR count). The predicted octanol–water partition coefficient (Wildman–Crippen LogP) is 1.44. The maximum Gasteiger partial charge on any atom is 0.329 e. The molecule has 0 spiro atoms. The van der Waals surface area contributed by atoms with Gasteiger partial charge in [0, 0.05) is 0 Å². The number of hydrogen-bond acceptors (Lipinski definition) is 2. The highest BCUT2D eigenvalue weighted by Crippen LogP contribution is 2.21. The number of carboxylic acid groups (broad SMARTS) is 1. The van der Waals surface area contributed by atoms with Gasteiger partial charge in [0.1, 0.15) is 5.54 Å². The highest BCUT2D eigenvalue weighted by molar-refractivity contribution is 5.85. The first-order chi connectivity index (χ1) is 8.05. The summed E-state index contributed by atoms with van der Waals surface area (Å²) >= 11 is 0. The Morgan fingerprint density at radius 3 is 2.17 bits per heavy atom. The average Bonchev–Trinajstić information content (AvgIpc) is 2.25. The third-order valence-electron chi connectivity index (χ3n) is 2.37. The Hall–Kier alpha value is -1.54. The van der Waals surface area contributed by atoms with Crippen LogP contribution in [0.1, 0.15) is 20.3 Å². The van der Waals surface area contributed by atoms with Gasteiger partial charge in [0.15, 0.2) is 0 Å². The van der Waals surface area contributed by atoms with E-state index in [0.29, 0.717) is 0 Å². The summed E-state index contributed by atoms with van der Waals surface area (Å²) in [5.74, 6) is -5.72. The molecule has 0 aliphatic carbocycles. The van der Waals surface area contributed by atoms with Crippen LogP contribution in [-0.4, -0.2) is 41.5 Å². The van der Waals surface area contributed by atoms with E-state index in [-0.39, 0.29) is 6.42 Å². The quantitative estimate of drug-likeness (QED) is 0.641. The molecule has 0 saturated carbocycles. The van der Waals surface area contributed by atoms with Crippen molar-refractivity contribution in [2.75, 3.05) is 6.54 Å². The first kappa shape index (κ1) is 16.5. The van der Waals surface area contributed by atoms with Gasteiger partial charge >= 0.3 is 24.3 Å². The van der Waals surface area contributed by atoms with Crippen LogP contribution in [0.15, 0.2) is 0 Å². The topological polar surface area (TPSA) is 78.4 Å². The second-order valence-corrected chi connectivity index (χ2v) is 3.86. The fourth-order valence-electron chi connectivity index (χ4n) is 0.863. The molecule has 0 bridgehead atoms. The first-order valence-corrected chi connectivity index (χ1v) is 5.00. The van der Waals surface area contributed by atoms with E-state index >= 15 is 0 Å². The van der Waals surface area contributed by atoms with Crippen molar-refractivity contribution in [3.8, 4) is 0 Å². The number of carbonyl (C=O) groups is 2. The Morgan fingerprint density at radius 2 is 1.83 bits per heavy atom. The molecule has 0 aliphatic heterocycles. The van der Waals surface area contributed by atoms with Gasteiger partial charge in [0.25, 0.3) is 0 Å². The fraction of sp³-hybridized carbons (Fsp3) is 0.778. The minimum atomic E-state index is -4.36. The molecule has 5 nitrogen and oxygen atoms in total. The van der Waals surface area contributed by atoms with Gasteiger partial charge in [-0.25, -0.2) is 18.4 Å². The number of carbonyl (C=O) groups excluding carboxylic acids is 1. The zero-order valence-electron chi connectivity index (χ0n) is 9.77. The monoisotopic (exact) mass is 274 g/mol. The van der Waals surface area contributed by atoms with Crippen LogP contribution in [0.25, 0.3) is 0 Å². The molecule has 0 aromatic rings. The van der Waals surface area contributed by atoms with Crippen LogP contribution >= 0.6 is 0 Å². The summed E-state index contributed by atoms with van der Waals surface area (Å²) in [7, 11) is 0. The number of alkyl halides is 4. The number of urea groups is 1. The molecule has 0 aromatic carbocycles. The molecule has 0 saturated heterocycles. The molecule has 0 radical (unpaired) electrons. The van der Waals surface area contributed by atoms with Crippen molar-refractivity contribution in [1.29, 1.82) is 0 Å². The molecule has 0 fully saturated rings. The number of carboxylic acids is 1. The van der Waals surface area contributed by atoms with E-state index in [1.54, 1.807) is 0 Å². The lowest BCUT2D eigenvalue weighted by Crippen LogP contribution is -2.56. The number of amides is 2. The van der Waals surface area contributed by atoms with E-state index in [2.05, 4.69) is 0 Å².